The smallest absolute Gasteiger partial charge is 0.282 e. The van der Waals surface area contributed by atoms with Crippen molar-refractivity contribution in [2.75, 3.05) is 5.43 Å². The van der Waals surface area contributed by atoms with Crippen molar-refractivity contribution in [2.45, 2.75) is 11.8 Å². The summed E-state index contributed by atoms with van der Waals surface area (Å²) in [4.78, 5) is 4.31. The van der Waals surface area contributed by atoms with Gasteiger partial charge in [-0.3, -0.25) is 9.98 Å². The molecule has 6 nitrogen and oxygen atoms in total. The largest absolute Gasteiger partial charge is 0.294 e. The number of hydrogen-bond donors (Lipinski definition) is 2. The third-order valence-electron chi connectivity index (χ3n) is 3.44. The van der Waals surface area contributed by atoms with Crippen molar-refractivity contribution in [1.29, 1.82) is 0 Å². The van der Waals surface area contributed by atoms with E-state index in [2.05, 4.69) is 15.5 Å². The van der Waals surface area contributed by atoms with Crippen LogP contribution in [0.3, 0.4) is 0 Å². The maximum Gasteiger partial charge on any atom is 0.294 e. The molecule has 2 aromatic carbocycles. The second-order valence-electron chi connectivity index (χ2n) is 5.27. The molecule has 0 spiro atoms. The van der Waals surface area contributed by atoms with Gasteiger partial charge >= 0.3 is 0 Å². The maximum atomic E-state index is 11.3. The second-order valence-corrected chi connectivity index (χ2v) is 7.52. The predicted molar refractivity (Wildman–Crippen MR) is 99.8 cm³/mol. The lowest BCUT2D eigenvalue weighted by Crippen LogP contribution is -2.02. The van der Waals surface area contributed by atoms with E-state index in [9.17, 15) is 13.0 Å². The number of hydrogen-bond acceptors (Lipinski definition) is 6. The lowest BCUT2D eigenvalue weighted by Gasteiger charge is -2.03. The summed E-state index contributed by atoms with van der Waals surface area (Å²) >= 11 is 1.42. The van der Waals surface area contributed by atoms with Crippen molar-refractivity contribution < 1.29 is 13.0 Å². The van der Waals surface area contributed by atoms with Crippen molar-refractivity contribution in [3.63, 3.8) is 0 Å². The summed E-state index contributed by atoms with van der Waals surface area (Å²) in [7, 11) is -4.25. The Bertz CT molecular complexity index is 1010. The van der Waals surface area contributed by atoms with Crippen LogP contribution in [0.4, 0.5) is 5.13 Å². The number of rotatable bonds is 5. The number of aryl methyl sites for hydroxylation is 1. The minimum atomic E-state index is -4.25. The Morgan fingerprint density at radius 3 is 2.68 bits per heavy atom. The van der Waals surface area contributed by atoms with Gasteiger partial charge in [0.1, 0.15) is 0 Å². The van der Waals surface area contributed by atoms with E-state index < -0.39 is 10.1 Å². The summed E-state index contributed by atoms with van der Waals surface area (Å²) in [5, 5.41) is 6.62. The van der Waals surface area contributed by atoms with Crippen LogP contribution in [0.15, 0.2) is 63.9 Å². The lowest BCUT2D eigenvalue weighted by atomic mass is 10.2. The molecule has 8 heteroatoms. The highest BCUT2D eigenvalue weighted by Gasteiger charge is 2.13. The van der Waals surface area contributed by atoms with Gasteiger partial charge in [0.15, 0.2) is 0 Å². The van der Waals surface area contributed by atoms with Gasteiger partial charge in [0.05, 0.1) is 16.8 Å². The van der Waals surface area contributed by atoms with E-state index in [0.717, 1.165) is 11.3 Å². The molecule has 2 N–H and O–H groups in total. The number of nitrogens with one attached hydrogen (secondary N) is 1. The molecule has 0 unspecified atom stereocenters. The van der Waals surface area contributed by atoms with Crippen LogP contribution in [0, 0.1) is 6.92 Å². The molecule has 0 aliphatic carbocycles. The van der Waals surface area contributed by atoms with E-state index in [0.29, 0.717) is 16.3 Å². The van der Waals surface area contributed by atoms with Crippen LogP contribution < -0.4 is 5.43 Å². The zero-order chi connectivity index (χ0) is 17.9. The van der Waals surface area contributed by atoms with Crippen molar-refractivity contribution in [3.05, 3.63) is 65.0 Å². The fourth-order valence-corrected chi connectivity index (χ4v) is 3.63. The molecule has 0 saturated carbocycles. The maximum absolute atomic E-state index is 11.3. The van der Waals surface area contributed by atoms with E-state index in [1.54, 1.807) is 19.1 Å². The Kier molecular flexibility index (Phi) is 4.93. The van der Waals surface area contributed by atoms with Crippen LogP contribution >= 0.6 is 11.3 Å². The molecule has 25 heavy (non-hydrogen) atoms. The molecule has 0 saturated heterocycles. The number of anilines is 1. The van der Waals surface area contributed by atoms with E-state index in [-0.39, 0.29) is 4.90 Å². The number of nitrogens with zero attached hydrogens (tertiary/aromatic N) is 2. The van der Waals surface area contributed by atoms with Gasteiger partial charge in [-0.1, -0.05) is 42.5 Å². The molecule has 0 aliphatic rings. The SMILES string of the molecule is Cc1ccc(C=NNc2nc(-c3ccccc3)cs2)cc1S(=O)(=O)O. The van der Waals surface area contributed by atoms with Gasteiger partial charge in [-0.05, 0) is 24.1 Å². The molecular formula is C17H15N3O3S2. The van der Waals surface area contributed by atoms with Gasteiger partial charge in [-0.25, -0.2) is 4.98 Å². The van der Waals surface area contributed by atoms with Crippen LogP contribution in [0.5, 0.6) is 0 Å². The van der Waals surface area contributed by atoms with Crippen LogP contribution in [0.25, 0.3) is 11.3 Å². The molecule has 1 aromatic heterocycles. The summed E-state index contributed by atoms with van der Waals surface area (Å²) in [6.07, 6.45) is 1.47. The topological polar surface area (TPSA) is 91.7 Å². The fraction of sp³-hybridized carbons (Fsp3) is 0.0588. The van der Waals surface area contributed by atoms with Gasteiger partial charge in [-0.15, -0.1) is 11.3 Å². The van der Waals surface area contributed by atoms with Crippen LogP contribution in [-0.2, 0) is 10.1 Å². The normalized spacial score (nSPS) is 11.8. The Labute approximate surface area is 149 Å². The standard InChI is InChI=1S/C17H15N3O3S2/c1-12-7-8-13(9-16(12)25(21,22)23)10-18-20-17-19-15(11-24-17)14-5-3-2-4-6-14/h2-11H,1H3,(H,19,20)(H,21,22,23). The van der Waals surface area contributed by atoms with Crippen molar-refractivity contribution in [2.24, 2.45) is 5.10 Å². The highest BCUT2D eigenvalue weighted by Crippen LogP contribution is 2.24. The van der Waals surface area contributed by atoms with Crippen molar-refractivity contribution in [3.8, 4) is 11.3 Å². The minimum Gasteiger partial charge on any atom is -0.282 e. The van der Waals surface area contributed by atoms with Crippen LogP contribution in [-0.4, -0.2) is 24.2 Å². The molecule has 128 valence electrons. The summed E-state index contributed by atoms with van der Waals surface area (Å²) in [6.45, 7) is 1.61. The van der Waals surface area contributed by atoms with Gasteiger partial charge in [0.25, 0.3) is 10.1 Å². The summed E-state index contributed by atoms with van der Waals surface area (Å²) in [5.41, 5.74) is 5.71. The first-order valence-corrected chi connectivity index (χ1v) is 9.63. The quantitative estimate of drug-likeness (QED) is 0.403. The predicted octanol–water partition coefficient (Wildman–Crippen LogP) is 3.81. The molecule has 0 atom stereocenters. The number of thiazole rings is 1. The van der Waals surface area contributed by atoms with Gasteiger partial charge in [-0.2, -0.15) is 13.5 Å². The zero-order valence-electron chi connectivity index (χ0n) is 13.2. The molecule has 3 rings (SSSR count). The molecule has 0 radical (unpaired) electrons. The summed E-state index contributed by atoms with van der Waals surface area (Å²) in [5.74, 6) is 0. The van der Waals surface area contributed by atoms with Crippen LogP contribution in [0.1, 0.15) is 11.1 Å². The first-order valence-electron chi connectivity index (χ1n) is 7.31. The molecule has 1 heterocycles. The summed E-state index contributed by atoms with van der Waals surface area (Å²) in [6, 6.07) is 14.5. The molecule has 3 aromatic rings. The number of benzene rings is 2. The second kappa shape index (κ2) is 7.14. The van der Waals surface area contributed by atoms with E-state index in [4.69, 9.17) is 0 Å². The fourth-order valence-electron chi connectivity index (χ4n) is 2.20. The van der Waals surface area contributed by atoms with Crippen LogP contribution in [0.2, 0.25) is 0 Å². The Morgan fingerprint density at radius 2 is 1.96 bits per heavy atom. The van der Waals surface area contributed by atoms with E-state index >= 15 is 0 Å². The average molecular weight is 373 g/mol. The lowest BCUT2D eigenvalue weighted by molar-refractivity contribution is 0.482. The number of aromatic nitrogens is 1. The van der Waals surface area contributed by atoms with E-state index in [1.165, 1.54) is 23.6 Å². The Morgan fingerprint density at radius 1 is 1.20 bits per heavy atom. The highest BCUT2D eigenvalue weighted by molar-refractivity contribution is 7.85. The molecular weight excluding hydrogens is 358 g/mol. The van der Waals surface area contributed by atoms with Gasteiger partial charge in [0.2, 0.25) is 5.13 Å². The van der Waals surface area contributed by atoms with Gasteiger partial charge in [0, 0.05) is 10.9 Å². The highest BCUT2D eigenvalue weighted by atomic mass is 32.2. The molecule has 0 fully saturated rings. The third-order valence-corrected chi connectivity index (χ3v) is 5.18. The summed E-state index contributed by atoms with van der Waals surface area (Å²) < 4.78 is 31.9. The van der Waals surface area contributed by atoms with E-state index in [1.807, 2.05) is 35.7 Å². The molecule has 0 amide bonds. The monoisotopic (exact) mass is 373 g/mol. The Balaban J connectivity index is 1.73. The molecule has 0 bridgehead atoms. The number of hydrazone groups is 1. The minimum absolute atomic E-state index is 0.128. The Hall–Kier alpha value is -2.55. The van der Waals surface area contributed by atoms with Crippen molar-refractivity contribution in [1.82, 2.24) is 4.98 Å². The first-order chi connectivity index (χ1) is 11.9. The average Bonchev–Trinajstić information content (AvgIpc) is 3.05. The molecule has 0 aliphatic heterocycles. The van der Waals surface area contributed by atoms with Crippen molar-refractivity contribution >= 4 is 32.8 Å². The first kappa shape index (κ1) is 17.3. The van der Waals surface area contributed by atoms with Gasteiger partial charge < -0.3 is 0 Å². The third kappa shape index (κ3) is 4.30. The zero-order valence-corrected chi connectivity index (χ0v) is 14.9.